The zero-order valence-corrected chi connectivity index (χ0v) is 5.42. The number of aromatic amines is 1. The monoisotopic (exact) mass is 126 g/mol. The van der Waals surface area contributed by atoms with Gasteiger partial charge >= 0.3 is 0 Å². The minimum absolute atomic E-state index is 0.0526. The van der Waals surface area contributed by atoms with Crippen molar-refractivity contribution in [2.45, 2.75) is 19.9 Å². The van der Waals surface area contributed by atoms with Crippen LogP contribution in [-0.4, -0.2) is 9.78 Å². The Hall–Kier alpha value is -0.990. The molecule has 3 nitrogen and oxygen atoms in total. The molecular formula is C6H10N2O. The van der Waals surface area contributed by atoms with Crippen LogP contribution in [0.15, 0.2) is 17.1 Å². The molecular weight excluding hydrogens is 116 g/mol. The Kier molecular flexibility index (Phi) is 1.72. The first kappa shape index (κ1) is 6.13. The molecule has 0 aliphatic rings. The van der Waals surface area contributed by atoms with Crippen molar-refractivity contribution in [3.63, 3.8) is 0 Å². The second kappa shape index (κ2) is 2.53. The standard InChI is InChI=1S/C6H10N2O/c1-2-5-8-6(9)3-4-7-8/h3-4,7H,2,5H2,1H3. The van der Waals surface area contributed by atoms with E-state index in [-0.39, 0.29) is 5.56 Å². The quantitative estimate of drug-likeness (QED) is 0.618. The third-order valence-electron chi connectivity index (χ3n) is 1.17. The molecule has 0 fully saturated rings. The lowest BCUT2D eigenvalue weighted by Gasteiger charge is -1.94. The van der Waals surface area contributed by atoms with Gasteiger partial charge in [-0.2, -0.15) is 0 Å². The van der Waals surface area contributed by atoms with Crippen molar-refractivity contribution in [3.8, 4) is 0 Å². The van der Waals surface area contributed by atoms with Gasteiger partial charge < -0.3 is 5.10 Å². The number of H-pyrrole nitrogens is 1. The summed E-state index contributed by atoms with van der Waals surface area (Å²) in [4.78, 5) is 10.7. The lowest BCUT2D eigenvalue weighted by atomic mass is 10.5. The second-order valence-corrected chi connectivity index (χ2v) is 1.95. The molecule has 0 aromatic carbocycles. The highest BCUT2D eigenvalue weighted by Crippen LogP contribution is 1.79. The molecule has 0 saturated carbocycles. The molecule has 0 unspecified atom stereocenters. The highest BCUT2D eigenvalue weighted by Gasteiger charge is 1.89. The fourth-order valence-corrected chi connectivity index (χ4v) is 0.750. The molecule has 0 aliphatic carbocycles. The van der Waals surface area contributed by atoms with E-state index < -0.39 is 0 Å². The molecule has 0 spiro atoms. The van der Waals surface area contributed by atoms with Gasteiger partial charge in [0.25, 0.3) is 5.56 Å². The second-order valence-electron chi connectivity index (χ2n) is 1.95. The first-order valence-electron chi connectivity index (χ1n) is 3.09. The molecule has 1 aromatic heterocycles. The minimum Gasteiger partial charge on any atom is -0.303 e. The smallest absolute Gasteiger partial charge is 0.266 e. The summed E-state index contributed by atoms with van der Waals surface area (Å²) < 4.78 is 1.58. The van der Waals surface area contributed by atoms with Gasteiger partial charge in [-0.1, -0.05) is 6.92 Å². The van der Waals surface area contributed by atoms with E-state index in [2.05, 4.69) is 5.10 Å². The van der Waals surface area contributed by atoms with Crippen LogP contribution in [-0.2, 0) is 6.54 Å². The Balaban J connectivity index is 2.81. The molecule has 9 heavy (non-hydrogen) atoms. The van der Waals surface area contributed by atoms with Crippen molar-refractivity contribution in [1.29, 1.82) is 0 Å². The number of nitrogens with one attached hydrogen (secondary N) is 1. The lowest BCUT2D eigenvalue weighted by Crippen LogP contribution is -2.15. The fraction of sp³-hybridized carbons (Fsp3) is 0.500. The maximum atomic E-state index is 10.7. The van der Waals surface area contributed by atoms with Crippen molar-refractivity contribution in [1.82, 2.24) is 9.78 Å². The molecule has 1 N–H and O–H groups in total. The normalized spacial score (nSPS) is 9.89. The molecule has 0 saturated heterocycles. The molecule has 0 bridgehead atoms. The molecule has 0 amide bonds. The van der Waals surface area contributed by atoms with Gasteiger partial charge in [0.2, 0.25) is 0 Å². The number of aryl methyl sites for hydroxylation is 1. The van der Waals surface area contributed by atoms with Gasteiger partial charge in [0.15, 0.2) is 0 Å². The van der Waals surface area contributed by atoms with E-state index in [9.17, 15) is 4.79 Å². The van der Waals surface area contributed by atoms with Crippen LogP contribution < -0.4 is 5.56 Å². The average molecular weight is 126 g/mol. The molecule has 1 aromatic rings. The molecule has 3 heteroatoms. The first-order chi connectivity index (χ1) is 4.34. The van der Waals surface area contributed by atoms with Gasteiger partial charge in [0, 0.05) is 18.8 Å². The summed E-state index contributed by atoms with van der Waals surface area (Å²) in [6.07, 6.45) is 2.64. The maximum Gasteiger partial charge on any atom is 0.266 e. The Labute approximate surface area is 53.3 Å². The van der Waals surface area contributed by atoms with Crippen molar-refractivity contribution in [2.24, 2.45) is 0 Å². The Morgan fingerprint density at radius 2 is 2.56 bits per heavy atom. The predicted octanol–water partition coefficient (Wildman–Crippen LogP) is 0.586. The summed E-state index contributed by atoms with van der Waals surface area (Å²) in [6.45, 7) is 2.82. The van der Waals surface area contributed by atoms with Crippen LogP contribution in [0.4, 0.5) is 0 Å². The van der Waals surface area contributed by atoms with Crippen LogP contribution in [0.25, 0.3) is 0 Å². The van der Waals surface area contributed by atoms with E-state index in [1.54, 1.807) is 10.9 Å². The first-order valence-corrected chi connectivity index (χ1v) is 3.09. The van der Waals surface area contributed by atoms with Crippen molar-refractivity contribution in [3.05, 3.63) is 22.6 Å². The number of hydrogen-bond acceptors (Lipinski definition) is 1. The van der Waals surface area contributed by atoms with Gasteiger partial charge in [-0.25, -0.2) is 0 Å². The van der Waals surface area contributed by atoms with Gasteiger partial charge in [-0.05, 0) is 6.42 Å². The highest BCUT2D eigenvalue weighted by atomic mass is 16.1. The topological polar surface area (TPSA) is 37.8 Å². The summed E-state index contributed by atoms with van der Waals surface area (Å²) in [5.74, 6) is 0. The Morgan fingerprint density at radius 3 is 3.00 bits per heavy atom. The van der Waals surface area contributed by atoms with Gasteiger partial charge in [0.1, 0.15) is 0 Å². The predicted molar refractivity (Wildman–Crippen MR) is 35.3 cm³/mol. The molecule has 1 heterocycles. The lowest BCUT2D eigenvalue weighted by molar-refractivity contribution is 0.585. The summed E-state index contributed by atoms with van der Waals surface area (Å²) >= 11 is 0. The zero-order chi connectivity index (χ0) is 6.69. The summed E-state index contributed by atoms with van der Waals surface area (Å²) in [5, 5.41) is 2.81. The van der Waals surface area contributed by atoms with Crippen molar-refractivity contribution >= 4 is 0 Å². The van der Waals surface area contributed by atoms with Crippen LogP contribution in [0.3, 0.4) is 0 Å². The van der Waals surface area contributed by atoms with Crippen LogP contribution in [0.1, 0.15) is 13.3 Å². The van der Waals surface area contributed by atoms with E-state index in [0.29, 0.717) is 0 Å². The fourth-order valence-electron chi connectivity index (χ4n) is 0.750. The van der Waals surface area contributed by atoms with E-state index in [1.807, 2.05) is 6.92 Å². The number of nitrogens with zero attached hydrogens (tertiary/aromatic N) is 1. The van der Waals surface area contributed by atoms with Crippen molar-refractivity contribution < 1.29 is 0 Å². The zero-order valence-electron chi connectivity index (χ0n) is 5.42. The van der Waals surface area contributed by atoms with Gasteiger partial charge in [-0.15, -0.1) is 0 Å². The van der Waals surface area contributed by atoms with E-state index in [1.165, 1.54) is 6.07 Å². The highest BCUT2D eigenvalue weighted by molar-refractivity contribution is 4.79. The van der Waals surface area contributed by atoms with Crippen LogP contribution in [0.5, 0.6) is 0 Å². The molecule has 1 rings (SSSR count). The molecule has 50 valence electrons. The summed E-state index contributed by atoms with van der Waals surface area (Å²) in [7, 11) is 0. The van der Waals surface area contributed by atoms with Gasteiger partial charge in [-0.3, -0.25) is 9.48 Å². The number of aromatic nitrogens is 2. The van der Waals surface area contributed by atoms with Crippen LogP contribution >= 0.6 is 0 Å². The number of rotatable bonds is 2. The third-order valence-corrected chi connectivity index (χ3v) is 1.17. The SMILES string of the molecule is CCCn1[nH]ccc1=O. The third kappa shape index (κ3) is 1.22. The Bertz CT molecular complexity index is 223. The van der Waals surface area contributed by atoms with Gasteiger partial charge in [0.05, 0.1) is 0 Å². The largest absolute Gasteiger partial charge is 0.303 e. The summed E-state index contributed by atoms with van der Waals surface area (Å²) in [6, 6.07) is 1.52. The van der Waals surface area contributed by atoms with Crippen LogP contribution in [0.2, 0.25) is 0 Å². The van der Waals surface area contributed by atoms with E-state index in [4.69, 9.17) is 0 Å². The van der Waals surface area contributed by atoms with Crippen molar-refractivity contribution in [2.75, 3.05) is 0 Å². The number of hydrogen-bond donors (Lipinski definition) is 1. The summed E-state index contributed by atoms with van der Waals surface area (Å²) in [5.41, 5.74) is 0.0526. The van der Waals surface area contributed by atoms with E-state index >= 15 is 0 Å². The minimum atomic E-state index is 0.0526. The van der Waals surface area contributed by atoms with Crippen LogP contribution in [0, 0.1) is 0 Å². The average Bonchev–Trinajstić information content (AvgIpc) is 2.18. The van der Waals surface area contributed by atoms with E-state index in [0.717, 1.165) is 13.0 Å². The molecule has 0 aliphatic heterocycles. The molecule has 0 atom stereocenters. The maximum absolute atomic E-state index is 10.7. The Morgan fingerprint density at radius 1 is 1.78 bits per heavy atom. The molecule has 0 radical (unpaired) electrons.